The monoisotopic (exact) mass is 576 g/mol. The predicted octanol–water partition coefficient (Wildman–Crippen LogP) is 3.47. The van der Waals surface area contributed by atoms with Gasteiger partial charge in [0.2, 0.25) is 10.0 Å². The minimum absolute atomic E-state index is 0.0252. The summed E-state index contributed by atoms with van der Waals surface area (Å²) in [5.41, 5.74) is 8.33. The van der Waals surface area contributed by atoms with E-state index in [2.05, 4.69) is 34.8 Å². The van der Waals surface area contributed by atoms with Crippen molar-refractivity contribution in [2.45, 2.75) is 39.7 Å². The van der Waals surface area contributed by atoms with Gasteiger partial charge in [-0.15, -0.1) is 0 Å². The Kier molecular flexibility index (Phi) is 7.43. The fraction of sp³-hybridized carbons (Fsp3) is 0.433. The summed E-state index contributed by atoms with van der Waals surface area (Å²) in [7, 11) is -3.20. The summed E-state index contributed by atoms with van der Waals surface area (Å²) in [5, 5.41) is 3.54. The average Bonchev–Trinajstić information content (AvgIpc) is 3.71. The zero-order valence-corrected chi connectivity index (χ0v) is 24.6. The zero-order valence-electron chi connectivity index (χ0n) is 23.8. The number of morpholine rings is 1. The quantitative estimate of drug-likeness (QED) is 0.462. The molecule has 5 heterocycles. The number of fused-ring (bicyclic) bond motifs is 1. The average molecular weight is 577 g/mol. The number of rotatable bonds is 7. The van der Waals surface area contributed by atoms with E-state index in [-0.39, 0.29) is 17.7 Å². The second-order valence-corrected chi connectivity index (χ2v) is 13.1. The number of nitrogens with one attached hydrogen (secondary N) is 1. The number of hydrogen-bond donors (Lipinski definition) is 1. The van der Waals surface area contributed by atoms with Gasteiger partial charge in [-0.3, -0.25) is 9.78 Å². The second kappa shape index (κ2) is 11.0. The molecule has 216 valence electrons. The first kappa shape index (κ1) is 27.6. The fourth-order valence-corrected chi connectivity index (χ4v) is 7.19. The van der Waals surface area contributed by atoms with E-state index in [4.69, 9.17) is 9.73 Å². The van der Waals surface area contributed by atoms with E-state index >= 15 is 0 Å². The molecule has 11 heteroatoms. The van der Waals surface area contributed by atoms with E-state index in [0.717, 1.165) is 51.8 Å². The molecule has 0 bridgehead atoms. The minimum atomic E-state index is -3.20. The Balaban J connectivity index is 1.25. The SMILES string of the molecule is CCS(=O)(=O)N1CC[C@H](Nc2ccnc3c2N=C(c2cc(C)n(-c4cccc(C(=O)N5CCOCC5)c4)c2C)C3)C1. The topological polar surface area (TPSA) is 109 Å². The van der Waals surface area contributed by atoms with Crippen molar-refractivity contribution >= 4 is 33.0 Å². The van der Waals surface area contributed by atoms with Gasteiger partial charge < -0.3 is 19.5 Å². The first-order valence-corrected chi connectivity index (χ1v) is 15.8. The Bertz CT molecular complexity index is 1620. The maximum atomic E-state index is 13.1. The molecule has 2 aromatic heterocycles. The normalized spacial score (nSPS) is 19.3. The lowest BCUT2D eigenvalue weighted by atomic mass is 10.1. The maximum absolute atomic E-state index is 13.1. The van der Waals surface area contributed by atoms with E-state index in [1.165, 1.54) is 0 Å². The second-order valence-electron chi connectivity index (χ2n) is 10.9. The number of aryl methyl sites for hydroxylation is 1. The molecular weight excluding hydrogens is 540 g/mol. The van der Waals surface area contributed by atoms with Crippen LogP contribution in [0.2, 0.25) is 0 Å². The third kappa shape index (κ3) is 5.29. The van der Waals surface area contributed by atoms with Crippen LogP contribution in [-0.4, -0.2) is 90.0 Å². The Morgan fingerprint density at radius 1 is 1.12 bits per heavy atom. The standard InChI is InChI=1S/C30H36N6O4S/c1-4-41(38,39)35-11-9-23(19-35)32-26-8-10-31-28-18-27(33-29(26)28)25-16-20(2)36(21(25)3)24-7-5-6-22(17-24)30(37)34-12-14-40-15-13-34/h5-8,10,16-17,23H,4,9,11-15,18-19H2,1-3H3,(H,31,32)/t23-/m0/s1. The highest BCUT2D eigenvalue weighted by molar-refractivity contribution is 7.89. The van der Waals surface area contributed by atoms with Gasteiger partial charge in [0.25, 0.3) is 5.91 Å². The number of aromatic nitrogens is 2. The maximum Gasteiger partial charge on any atom is 0.254 e. The highest BCUT2D eigenvalue weighted by Crippen LogP contribution is 2.37. The molecule has 3 aromatic rings. The molecule has 2 fully saturated rings. The van der Waals surface area contributed by atoms with Crippen LogP contribution in [-0.2, 0) is 21.2 Å². The van der Waals surface area contributed by atoms with E-state index in [1.54, 1.807) is 17.4 Å². The van der Waals surface area contributed by atoms with E-state index in [9.17, 15) is 13.2 Å². The molecular formula is C30H36N6O4S. The van der Waals surface area contributed by atoms with Crippen LogP contribution < -0.4 is 5.32 Å². The molecule has 0 radical (unpaired) electrons. The van der Waals surface area contributed by atoms with Crippen LogP contribution in [0.1, 0.15) is 46.3 Å². The number of nitrogens with zero attached hydrogens (tertiary/aromatic N) is 5. The summed E-state index contributed by atoms with van der Waals surface area (Å²) in [6, 6.07) is 11.9. The van der Waals surface area contributed by atoms with Crippen LogP contribution in [0.4, 0.5) is 11.4 Å². The van der Waals surface area contributed by atoms with Crippen LogP contribution in [0.15, 0.2) is 47.6 Å². The molecule has 1 atom stereocenters. The highest BCUT2D eigenvalue weighted by Gasteiger charge is 2.31. The largest absolute Gasteiger partial charge is 0.379 e. The molecule has 0 aliphatic carbocycles. The number of pyridine rings is 1. The predicted molar refractivity (Wildman–Crippen MR) is 159 cm³/mol. The molecule has 3 aliphatic rings. The Morgan fingerprint density at radius 2 is 1.93 bits per heavy atom. The summed E-state index contributed by atoms with van der Waals surface area (Å²) >= 11 is 0. The number of benzene rings is 1. The van der Waals surface area contributed by atoms with Crippen LogP contribution in [0, 0.1) is 13.8 Å². The first-order valence-electron chi connectivity index (χ1n) is 14.2. The van der Waals surface area contributed by atoms with Crippen LogP contribution in [0.3, 0.4) is 0 Å². The molecule has 2 saturated heterocycles. The van der Waals surface area contributed by atoms with Gasteiger partial charge in [-0.2, -0.15) is 4.31 Å². The highest BCUT2D eigenvalue weighted by atomic mass is 32.2. The van der Waals surface area contributed by atoms with Gasteiger partial charge in [0.05, 0.1) is 36.1 Å². The van der Waals surface area contributed by atoms with Crippen molar-refractivity contribution in [3.05, 3.63) is 70.8 Å². The summed E-state index contributed by atoms with van der Waals surface area (Å²) in [4.78, 5) is 24.6. The number of anilines is 1. The van der Waals surface area contributed by atoms with E-state index < -0.39 is 10.0 Å². The molecule has 3 aliphatic heterocycles. The number of aliphatic imine (C=N–C) groups is 1. The molecule has 0 spiro atoms. The first-order chi connectivity index (χ1) is 19.7. The minimum Gasteiger partial charge on any atom is -0.379 e. The number of sulfonamides is 1. The molecule has 1 amide bonds. The number of amides is 1. The van der Waals surface area contributed by atoms with Crippen LogP contribution in [0.5, 0.6) is 0 Å². The van der Waals surface area contributed by atoms with Gasteiger partial charge in [-0.05, 0) is 57.5 Å². The summed E-state index contributed by atoms with van der Waals surface area (Å²) in [5.74, 6) is 0.141. The lowest BCUT2D eigenvalue weighted by Crippen LogP contribution is -2.40. The van der Waals surface area contributed by atoms with Gasteiger partial charge in [-0.1, -0.05) is 6.07 Å². The lowest BCUT2D eigenvalue weighted by Gasteiger charge is -2.27. The smallest absolute Gasteiger partial charge is 0.254 e. The molecule has 6 rings (SSSR count). The van der Waals surface area contributed by atoms with Gasteiger partial charge in [0.15, 0.2) is 0 Å². The fourth-order valence-electron chi connectivity index (χ4n) is 6.04. The molecule has 1 N–H and O–H groups in total. The van der Waals surface area contributed by atoms with E-state index in [1.807, 2.05) is 35.2 Å². The summed E-state index contributed by atoms with van der Waals surface area (Å²) in [6.07, 6.45) is 3.16. The zero-order chi connectivity index (χ0) is 28.7. The van der Waals surface area contributed by atoms with Gasteiger partial charge in [0, 0.05) is 73.0 Å². The van der Waals surface area contributed by atoms with Gasteiger partial charge in [0.1, 0.15) is 5.69 Å². The van der Waals surface area contributed by atoms with Gasteiger partial charge >= 0.3 is 0 Å². The third-order valence-electron chi connectivity index (χ3n) is 8.24. The van der Waals surface area contributed by atoms with Crippen molar-refractivity contribution in [2.75, 3.05) is 50.5 Å². The van der Waals surface area contributed by atoms with Crippen molar-refractivity contribution < 1.29 is 17.9 Å². The number of carbonyl (C=O) groups is 1. The summed E-state index contributed by atoms with van der Waals surface area (Å²) in [6.45, 7) is 9.17. The molecule has 41 heavy (non-hydrogen) atoms. The Morgan fingerprint density at radius 3 is 2.71 bits per heavy atom. The van der Waals surface area contributed by atoms with Crippen LogP contribution in [0.25, 0.3) is 5.69 Å². The molecule has 0 unspecified atom stereocenters. The van der Waals surface area contributed by atoms with Crippen LogP contribution >= 0.6 is 0 Å². The number of carbonyl (C=O) groups excluding carboxylic acids is 1. The van der Waals surface area contributed by atoms with Gasteiger partial charge in [-0.25, -0.2) is 13.4 Å². The Hall–Kier alpha value is -3.54. The van der Waals surface area contributed by atoms with Crippen molar-refractivity contribution in [1.82, 2.24) is 18.8 Å². The van der Waals surface area contributed by atoms with Crippen molar-refractivity contribution in [3.8, 4) is 5.69 Å². The molecule has 1 aromatic carbocycles. The van der Waals surface area contributed by atoms with Crippen molar-refractivity contribution in [2.24, 2.45) is 4.99 Å². The lowest BCUT2D eigenvalue weighted by molar-refractivity contribution is 0.0303. The Labute approximate surface area is 241 Å². The van der Waals surface area contributed by atoms with Crippen molar-refractivity contribution in [1.29, 1.82) is 0 Å². The van der Waals surface area contributed by atoms with Crippen molar-refractivity contribution in [3.63, 3.8) is 0 Å². The molecule has 10 nitrogen and oxygen atoms in total. The number of hydrogen-bond acceptors (Lipinski definition) is 7. The molecule has 0 saturated carbocycles. The summed E-state index contributed by atoms with van der Waals surface area (Å²) < 4.78 is 33.8. The van der Waals surface area contributed by atoms with E-state index in [0.29, 0.717) is 51.4 Å². The third-order valence-corrected chi connectivity index (χ3v) is 10.1. The number of ether oxygens (including phenoxy) is 1.